The van der Waals surface area contributed by atoms with E-state index in [1.165, 1.54) is 25.5 Å². The second-order valence-corrected chi connectivity index (χ2v) is 2.44. The molecule has 1 aromatic rings. The average molecular weight is 211 g/mol. The number of rotatable bonds is 0. The second-order valence-electron chi connectivity index (χ2n) is 2.44. The predicted octanol–water partition coefficient (Wildman–Crippen LogP) is 0.764. The van der Waals surface area contributed by atoms with Crippen LogP contribution in [0, 0.1) is 0 Å². The van der Waals surface area contributed by atoms with Gasteiger partial charge >= 0.3 is 0 Å². The van der Waals surface area contributed by atoms with Gasteiger partial charge in [-0.05, 0) is 0 Å². The van der Waals surface area contributed by atoms with E-state index in [0.29, 0.717) is 0 Å². The normalized spacial score (nSPS) is 15.5. The van der Waals surface area contributed by atoms with Gasteiger partial charge in [0.25, 0.3) is 0 Å². The first kappa shape index (κ1) is 11.2. The molecule has 0 aromatic carbocycles. The molecule has 0 saturated heterocycles. The SMILES string of the molecule is C1=NCCO1.C1=NCCO1.c1cocn1. The summed E-state index contributed by atoms with van der Waals surface area (Å²) in [5.74, 6) is 0. The zero-order valence-corrected chi connectivity index (χ0v) is 8.28. The third-order valence-corrected chi connectivity index (χ3v) is 1.32. The van der Waals surface area contributed by atoms with Gasteiger partial charge in [0.2, 0.25) is 0 Å². The van der Waals surface area contributed by atoms with E-state index in [2.05, 4.69) is 28.9 Å². The molecule has 0 saturated carbocycles. The Labute approximate surface area is 87.7 Å². The molecule has 3 heterocycles. The third-order valence-electron chi connectivity index (χ3n) is 1.32. The molecule has 0 spiro atoms. The Balaban J connectivity index is 0.000000112. The summed E-state index contributed by atoms with van der Waals surface area (Å²) >= 11 is 0. The fourth-order valence-electron chi connectivity index (χ4n) is 0.703. The maximum Gasteiger partial charge on any atom is 0.180 e. The maximum atomic E-state index is 4.65. The Morgan fingerprint density at radius 3 is 1.73 bits per heavy atom. The fourth-order valence-corrected chi connectivity index (χ4v) is 0.703. The summed E-state index contributed by atoms with van der Waals surface area (Å²) in [6.07, 6.45) is 7.44. The summed E-state index contributed by atoms with van der Waals surface area (Å²) < 4.78 is 13.8. The molecule has 0 aliphatic carbocycles. The minimum absolute atomic E-state index is 0.778. The van der Waals surface area contributed by atoms with Crippen molar-refractivity contribution in [2.24, 2.45) is 9.98 Å². The Kier molecular flexibility index (Phi) is 6.54. The molecule has 1 aromatic heterocycles. The van der Waals surface area contributed by atoms with E-state index in [1.54, 1.807) is 6.20 Å². The minimum Gasteiger partial charge on any atom is -0.482 e. The van der Waals surface area contributed by atoms with Crippen LogP contribution in [0.4, 0.5) is 0 Å². The maximum absolute atomic E-state index is 4.65. The molecule has 0 atom stereocenters. The third kappa shape index (κ3) is 7.24. The van der Waals surface area contributed by atoms with E-state index in [0.717, 1.165) is 26.3 Å². The average Bonchev–Trinajstić information content (AvgIpc) is 3.09. The molecule has 82 valence electrons. The van der Waals surface area contributed by atoms with Gasteiger partial charge in [-0.15, -0.1) is 0 Å². The zero-order chi connectivity index (χ0) is 10.6. The molecule has 0 fully saturated rings. The molecule has 2 aliphatic rings. The van der Waals surface area contributed by atoms with Crippen molar-refractivity contribution in [3.63, 3.8) is 0 Å². The highest BCUT2D eigenvalue weighted by Gasteiger charge is 1.85. The molecule has 6 nitrogen and oxygen atoms in total. The van der Waals surface area contributed by atoms with Crippen molar-refractivity contribution in [3.05, 3.63) is 18.9 Å². The Morgan fingerprint density at radius 1 is 0.933 bits per heavy atom. The predicted molar refractivity (Wildman–Crippen MR) is 55.1 cm³/mol. The highest BCUT2D eigenvalue weighted by atomic mass is 16.5. The lowest BCUT2D eigenvalue weighted by atomic mass is 10.8. The smallest absolute Gasteiger partial charge is 0.180 e. The van der Waals surface area contributed by atoms with Gasteiger partial charge in [0.1, 0.15) is 19.5 Å². The van der Waals surface area contributed by atoms with Gasteiger partial charge in [-0.3, -0.25) is 9.98 Å². The Bertz CT molecular complexity index is 227. The molecular formula is C9H13N3O3. The van der Waals surface area contributed by atoms with Crippen LogP contribution in [-0.4, -0.2) is 44.1 Å². The zero-order valence-electron chi connectivity index (χ0n) is 8.28. The molecule has 0 N–H and O–H groups in total. The van der Waals surface area contributed by atoms with Crippen molar-refractivity contribution in [2.75, 3.05) is 26.3 Å². The number of oxazole rings is 1. The summed E-state index contributed by atoms with van der Waals surface area (Å²) in [5, 5.41) is 0. The Hall–Kier alpha value is -1.85. The van der Waals surface area contributed by atoms with E-state index >= 15 is 0 Å². The second kappa shape index (κ2) is 8.74. The summed E-state index contributed by atoms with van der Waals surface area (Å²) in [6, 6.07) is 0. The van der Waals surface area contributed by atoms with Gasteiger partial charge in [0.05, 0.1) is 19.3 Å². The molecular weight excluding hydrogens is 198 g/mol. The number of hydrogen-bond donors (Lipinski definition) is 0. The van der Waals surface area contributed by atoms with E-state index < -0.39 is 0 Å². The highest BCUT2D eigenvalue weighted by molar-refractivity contribution is 5.48. The molecule has 2 aliphatic heterocycles. The number of hydrogen-bond acceptors (Lipinski definition) is 6. The summed E-state index contributed by atoms with van der Waals surface area (Å²) in [5.41, 5.74) is 0. The largest absolute Gasteiger partial charge is 0.482 e. The van der Waals surface area contributed by atoms with Gasteiger partial charge in [0.15, 0.2) is 19.2 Å². The first-order valence-electron chi connectivity index (χ1n) is 4.52. The van der Waals surface area contributed by atoms with Crippen LogP contribution in [0.25, 0.3) is 0 Å². The number of aliphatic imine (C=N–C) groups is 2. The highest BCUT2D eigenvalue weighted by Crippen LogP contribution is 1.79. The molecule has 15 heavy (non-hydrogen) atoms. The van der Waals surface area contributed by atoms with Crippen molar-refractivity contribution in [1.29, 1.82) is 0 Å². The van der Waals surface area contributed by atoms with Crippen LogP contribution in [0.1, 0.15) is 0 Å². The van der Waals surface area contributed by atoms with Gasteiger partial charge < -0.3 is 13.9 Å². The van der Waals surface area contributed by atoms with E-state index in [4.69, 9.17) is 0 Å². The van der Waals surface area contributed by atoms with Crippen LogP contribution in [0.3, 0.4) is 0 Å². The molecule has 0 bridgehead atoms. The van der Waals surface area contributed by atoms with E-state index in [1.807, 2.05) is 0 Å². The summed E-state index contributed by atoms with van der Waals surface area (Å²) in [7, 11) is 0. The molecule has 6 heteroatoms. The molecule has 3 rings (SSSR count). The summed E-state index contributed by atoms with van der Waals surface area (Å²) in [6.45, 7) is 3.25. The van der Waals surface area contributed by atoms with Crippen molar-refractivity contribution >= 4 is 12.8 Å². The number of ether oxygens (including phenoxy) is 2. The fraction of sp³-hybridized carbons (Fsp3) is 0.444. The minimum atomic E-state index is 0.778. The van der Waals surface area contributed by atoms with E-state index in [9.17, 15) is 0 Å². The van der Waals surface area contributed by atoms with Gasteiger partial charge in [-0.25, -0.2) is 4.98 Å². The van der Waals surface area contributed by atoms with Crippen molar-refractivity contribution < 1.29 is 13.9 Å². The first-order chi connectivity index (χ1) is 7.50. The number of aromatic nitrogens is 1. The lowest BCUT2D eigenvalue weighted by molar-refractivity contribution is 0.361. The van der Waals surface area contributed by atoms with Crippen LogP contribution in [0.15, 0.2) is 33.3 Å². The van der Waals surface area contributed by atoms with Gasteiger partial charge in [-0.2, -0.15) is 0 Å². The lowest BCUT2D eigenvalue weighted by Gasteiger charge is -1.76. The Morgan fingerprint density at radius 2 is 1.60 bits per heavy atom. The molecule has 0 radical (unpaired) electrons. The van der Waals surface area contributed by atoms with Crippen LogP contribution in [0.2, 0.25) is 0 Å². The topological polar surface area (TPSA) is 69.2 Å². The quantitative estimate of drug-likeness (QED) is 0.635. The van der Waals surface area contributed by atoms with Crippen LogP contribution < -0.4 is 0 Å². The van der Waals surface area contributed by atoms with Crippen molar-refractivity contribution in [3.8, 4) is 0 Å². The molecule has 0 unspecified atom stereocenters. The summed E-state index contributed by atoms with van der Waals surface area (Å²) in [4.78, 5) is 11.0. The monoisotopic (exact) mass is 211 g/mol. The van der Waals surface area contributed by atoms with Gasteiger partial charge in [0, 0.05) is 0 Å². The first-order valence-corrected chi connectivity index (χ1v) is 4.52. The van der Waals surface area contributed by atoms with Crippen molar-refractivity contribution in [2.45, 2.75) is 0 Å². The lowest BCUT2D eigenvalue weighted by Crippen LogP contribution is -1.80. The van der Waals surface area contributed by atoms with Crippen molar-refractivity contribution in [1.82, 2.24) is 4.98 Å². The van der Waals surface area contributed by atoms with Gasteiger partial charge in [-0.1, -0.05) is 0 Å². The number of nitrogens with zero attached hydrogens (tertiary/aromatic N) is 3. The molecule has 0 amide bonds. The van der Waals surface area contributed by atoms with Crippen LogP contribution in [-0.2, 0) is 9.47 Å². The van der Waals surface area contributed by atoms with E-state index in [-0.39, 0.29) is 0 Å². The standard InChI is InChI=1S/2C3H5NO.C3H3NO/c3*1-2-5-3-4-1/h2*3H,1-2H2;1-3H. The van der Waals surface area contributed by atoms with Crippen LogP contribution >= 0.6 is 0 Å². The van der Waals surface area contributed by atoms with Crippen LogP contribution in [0.5, 0.6) is 0 Å².